The summed E-state index contributed by atoms with van der Waals surface area (Å²) in [6, 6.07) is 13.3. The minimum atomic E-state index is -0.997. The molecule has 2 heterocycles. The second-order valence-corrected chi connectivity index (χ2v) is 8.76. The zero-order valence-electron chi connectivity index (χ0n) is 18.3. The molecule has 4 amide bonds. The lowest BCUT2D eigenvalue weighted by Gasteiger charge is -2.40. The Labute approximate surface area is 191 Å². The number of piperidine rings is 1. The van der Waals surface area contributed by atoms with Crippen LogP contribution in [0.4, 0.5) is 13.6 Å². The zero-order chi connectivity index (χ0) is 23.4. The van der Waals surface area contributed by atoms with Crippen molar-refractivity contribution in [1.29, 1.82) is 0 Å². The molecule has 4 rings (SSSR count). The lowest BCUT2D eigenvalue weighted by molar-refractivity contribution is -0.133. The summed E-state index contributed by atoms with van der Waals surface area (Å²) >= 11 is 0. The van der Waals surface area contributed by atoms with Crippen molar-refractivity contribution in [3.63, 3.8) is 0 Å². The summed E-state index contributed by atoms with van der Waals surface area (Å²) in [6.07, 6.45) is 2.89. The van der Waals surface area contributed by atoms with E-state index in [1.807, 2.05) is 30.3 Å². The number of imide groups is 1. The predicted molar refractivity (Wildman–Crippen MR) is 118 cm³/mol. The number of halogens is 2. The summed E-state index contributed by atoms with van der Waals surface area (Å²) in [5, 5.41) is 5.26. The van der Waals surface area contributed by atoms with Crippen LogP contribution in [0.25, 0.3) is 0 Å². The van der Waals surface area contributed by atoms with Gasteiger partial charge in [-0.15, -0.1) is 0 Å². The van der Waals surface area contributed by atoms with Crippen molar-refractivity contribution in [3.8, 4) is 0 Å². The minimum Gasteiger partial charge on any atom is -0.342 e. The van der Waals surface area contributed by atoms with E-state index in [1.165, 1.54) is 17.7 Å². The molecular weight excluding hydrogens is 428 g/mol. The van der Waals surface area contributed by atoms with E-state index >= 15 is 0 Å². The number of likely N-dealkylation sites (tertiary alicyclic amines) is 1. The van der Waals surface area contributed by atoms with Crippen molar-refractivity contribution in [2.24, 2.45) is 5.92 Å². The van der Waals surface area contributed by atoms with Crippen molar-refractivity contribution < 1.29 is 23.2 Å². The molecule has 2 saturated heterocycles. The van der Waals surface area contributed by atoms with Gasteiger partial charge >= 0.3 is 6.03 Å². The Balaban J connectivity index is 1.38. The van der Waals surface area contributed by atoms with E-state index in [1.54, 1.807) is 4.90 Å². The zero-order valence-corrected chi connectivity index (χ0v) is 18.3. The van der Waals surface area contributed by atoms with Gasteiger partial charge in [0.2, 0.25) is 5.91 Å². The molecule has 2 N–H and O–H groups in total. The maximum Gasteiger partial charge on any atom is 0.322 e. The van der Waals surface area contributed by atoms with Crippen LogP contribution in [0.2, 0.25) is 0 Å². The molecule has 8 heteroatoms. The Bertz CT molecular complexity index is 1040. The third-order valence-corrected chi connectivity index (χ3v) is 6.77. The summed E-state index contributed by atoms with van der Waals surface area (Å²) in [6.45, 7) is 0.786. The molecule has 0 radical (unpaired) electrons. The molecule has 0 aromatic heterocycles. The van der Waals surface area contributed by atoms with Gasteiger partial charge in [-0.05, 0) is 49.7 Å². The van der Waals surface area contributed by atoms with Crippen LogP contribution in [-0.2, 0) is 22.4 Å². The Hall–Kier alpha value is -3.29. The topological polar surface area (TPSA) is 78.5 Å². The number of hydrogen-bond acceptors (Lipinski definition) is 3. The van der Waals surface area contributed by atoms with Gasteiger partial charge in [-0.3, -0.25) is 14.9 Å². The minimum absolute atomic E-state index is 0.0296. The second kappa shape index (κ2) is 9.68. The summed E-state index contributed by atoms with van der Waals surface area (Å²) in [5.74, 6) is -2.68. The SMILES string of the molecule is O=C1NC(=O)[C@](CCCc2ccccc2)(C2CCN(C(=O)Cc3cccc(F)c3F)CC2)N1. The molecular formula is C25H27F2N3O3. The number of benzene rings is 2. The molecule has 0 bridgehead atoms. The van der Waals surface area contributed by atoms with Crippen LogP contribution in [-0.4, -0.2) is 41.4 Å². The van der Waals surface area contributed by atoms with Gasteiger partial charge in [0, 0.05) is 18.7 Å². The van der Waals surface area contributed by atoms with Crippen LogP contribution >= 0.6 is 0 Å². The van der Waals surface area contributed by atoms with Crippen LogP contribution in [0.1, 0.15) is 36.8 Å². The van der Waals surface area contributed by atoms with Gasteiger partial charge in [-0.1, -0.05) is 42.5 Å². The lowest BCUT2D eigenvalue weighted by Crippen LogP contribution is -2.56. The van der Waals surface area contributed by atoms with E-state index in [0.717, 1.165) is 18.9 Å². The molecule has 0 saturated carbocycles. The molecule has 1 atom stereocenters. The van der Waals surface area contributed by atoms with E-state index in [9.17, 15) is 23.2 Å². The first-order valence-corrected chi connectivity index (χ1v) is 11.3. The standard InChI is InChI=1S/C25H27F2N3O3/c26-20-10-4-9-18(22(20)27)16-21(31)30-14-11-19(12-15-30)25(23(32)28-24(33)29-25)13-5-8-17-6-2-1-3-7-17/h1-4,6-7,9-10,19H,5,8,11-16H2,(H2,28,29,32,33)/t25-/m0/s1. The van der Waals surface area contributed by atoms with Crippen LogP contribution < -0.4 is 10.6 Å². The molecule has 2 fully saturated rings. The highest BCUT2D eigenvalue weighted by Crippen LogP contribution is 2.35. The van der Waals surface area contributed by atoms with E-state index in [4.69, 9.17) is 0 Å². The van der Waals surface area contributed by atoms with Crippen LogP contribution in [0.3, 0.4) is 0 Å². The van der Waals surface area contributed by atoms with Crippen molar-refractivity contribution in [2.75, 3.05) is 13.1 Å². The van der Waals surface area contributed by atoms with Gasteiger partial charge in [0.1, 0.15) is 5.54 Å². The Kier molecular flexibility index (Phi) is 6.72. The number of aryl methyl sites for hydroxylation is 1. The number of carbonyl (C=O) groups excluding carboxylic acids is 3. The fourth-order valence-electron chi connectivity index (χ4n) is 4.97. The number of amides is 4. The van der Waals surface area contributed by atoms with Gasteiger partial charge < -0.3 is 10.2 Å². The summed E-state index contributed by atoms with van der Waals surface area (Å²) in [4.78, 5) is 39.1. The van der Waals surface area contributed by atoms with Crippen LogP contribution in [0.15, 0.2) is 48.5 Å². The first kappa shape index (κ1) is 22.9. The third-order valence-electron chi connectivity index (χ3n) is 6.77. The first-order valence-electron chi connectivity index (χ1n) is 11.3. The smallest absolute Gasteiger partial charge is 0.322 e. The first-order chi connectivity index (χ1) is 15.9. The Morgan fingerprint density at radius 2 is 1.76 bits per heavy atom. The molecule has 0 spiro atoms. The molecule has 2 aliphatic rings. The maximum absolute atomic E-state index is 13.9. The maximum atomic E-state index is 13.9. The monoisotopic (exact) mass is 455 g/mol. The second-order valence-electron chi connectivity index (χ2n) is 8.76. The van der Waals surface area contributed by atoms with Crippen molar-refractivity contribution in [2.45, 2.75) is 44.1 Å². The highest BCUT2D eigenvalue weighted by atomic mass is 19.2. The van der Waals surface area contributed by atoms with Gasteiger partial charge in [0.15, 0.2) is 11.6 Å². The van der Waals surface area contributed by atoms with E-state index in [-0.39, 0.29) is 29.7 Å². The van der Waals surface area contributed by atoms with E-state index in [2.05, 4.69) is 10.6 Å². The van der Waals surface area contributed by atoms with Crippen molar-refractivity contribution in [3.05, 3.63) is 71.3 Å². The number of hydrogen-bond donors (Lipinski definition) is 2. The highest BCUT2D eigenvalue weighted by molar-refractivity contribution is 6.07. The van der Waals surface area contributed by atoms with Crippen molar-refractivity contribution >= 4 is 17.8 Å². The summed E-state index contributed by atoms with van der Waals surface area (Å²) < 4.78 is 27.4. The number of carbonyl (C=O) groups is 3. The Morgan fingerprint density at radius 3 is 2.42 bits per heavy atom. The average Bonchev–Trinajstić information content (AvgIpc) is 3.11. The molecule has 0 unspecified atom stereocenters. The predicted octanol–water partition coefficient (Wildman–Crippen LogP) is 3.35. The highest BCUT2D eigenvalue weighted by Gasteiger charge is 2.51. The van der Waals surface area contributed by atoms with Crippen LogP contribution in [0.5, 0.6) is 0 Å². The fourth-order valence-corrected chi connectivity index (χ4v) is 4.97. The van der Waals surface area contributed by atoms with E-state index in [0.29, 0.717) is 32.4 Å². The van der Waals surface area contributed by atoms with Gasteiger partial charge in [0.25, 0.3) is 5.91 Å². The number of rotatable bonds is 7. The summed E-state index contributed by atoms with van der Waals surface area (Å²) in [5.41, 5.74) is 0.208. The molecule has 2 aromatic carbocycles. The third kappa shape index (κ3) is 4.89. The lowest BCUT2D eigenvalue weighted by atomic mass is 9.74. The van der Waals surface area contributed by atoms with Gasteiger partial charge in [-0.25, -0.2) is 13.6 Å². The molecule has 174 valence electrons. The molecule has 6 nitrogen and oxygen atoms in total. The summed E-state index contributed by atoms with van der Waals surface area (Å²) in [7, 11) is 0. The average molecular weight is 456 g/mol. The van der Waals surface area contributed by atoms with Crippen LogP contribution in [0, 0.1) is 17.6 Å². The quantitative estimate of drug-likeness (QED) is 0.629. The number of urea groups is 1. The normalized spacial score (nSPS) is 21.1. The molecule has 2 aliphatic heterocycles. The molecule has 2 aromatic rings. The van der Waals surface area contributed by atoms with Gasteiger partial charge in [-0.2, -0.15) is 0 Å². The number of nitrogens with one attached hydrogen (secondary N) is 2. The van der Waals surface area contributed by atoms with E-state index < -0.39 is 23.2 Å². The largest absolute Gasteiger partial charge is 0.342 e. The molecule has 33 heavy (non-hydrogen) atoms. The molecule has 0 aliphatic carbocycles. The Morgan fingerprint density at radius 1 is 1.03 bits per heavy atom. The van der Waals surface area contributed by atoms with Gasteiger partial charge in [0.05, 0.1) is 6.42 Å². The fraction of sp³-hybridized carbons (Fsp3) is 0.400. The van der Waals surface area contributed by atoms with Crippen molar-refractivity contribution in [1.82, 2.24) is 15.5 Å². The number of nitrogens with zero attached hydrogens (tertiary/aromatic N) is 1.